The Balaban J connectivity index is 1.46. The lowest BCUT2D eigenvalue weighted by Crippen LogP contribution is -2.39. The lowest BCUT2D eigenvalue weighted by molar-refractivity contribution is -0.128. The second-order valence-corrected chi connectivity index (χ2v) is 8.21. The number of aromatic nitrogens is 1. The van der Waals surface area contributed by atoms with Crippen LogP contribution in [-0.2, 0) is 11.2 Å². The number of hydrogen-bond donors (Lipinski definition) is 1. The van der Waals surface area contributed by atoms with Crippen LogP contribution in [-0.4, -0.2) is 22.3 Å². The van der Waals surface area contributed by atoms with Gasteiger partial charge < -0.3 is 14.3 Å². The summed E-state index contributed by atoms with van der Waals surface area (Å²) >= 11 is 0. The van der Waals surface area contributed by atoms with Crippen molar-refractivity contribution in [2.75, 3.05) is 6.54 Å². The zero-order valence-corrected chi connectivity index (χ0v) is 17.5. The van der Waals surface area contributed by atoms with Crippen LogP contribution in [0.5, 0.6) is 0 Å². The molecule has 1 aliphatic rings. The number of hydrogen-bond acceptors (Lipinski definition) is 2. The Morgan fingerprint density at radius 3 is 2.75 bits per heavy atom. The van der Waals surface area contributed by atoms with Gasteiger partial charge in [-0.15, -0.1) is 0 Å². The van der Waals surface area contributed by atoms with Crippen LogP contribution >= 0.6 is 0 Å². The second-order valence-electron chi connectivity index (χ2n) is 8.21. The van der Waals surface area contributed by atoms with Crippen molar-refractivity contribution in [1.82, 2.24) is 9.88 Å². The molecule has 0 saturated carbocycles. The highest BCUT2D eigenvalue weighted by Gasteiger charge is 2.33. The van der Waals surface area contributed by atoms with Crippen molar-refractivity contribution in [3.05, 3.63) is 114 Å². The van der Waals surface area contributed by atoms with Crippen LogP contribution in [0.2, 0.25) is 0 Å². The van der Waals surface area contributed by atoms with E-state index >= 15 is 0 Å². The molecule has 156 valence electrons. The number of H-pyrrole nitrogens is 1. The van der Waals surface area contributed by atoms with E-state index in [4.69, 9.17) is 4.42 Å². The third kappa shape index (κ3) is 3.12. The van der Waals surface area contributed by atoms with Crippen LogP contribution in [0, 0.1) is 0 Å². The minimum atomic E-state index is -0.182. The van der Waals surface area contributed by atoms with Gasteiger partial charge in [-0.05, 0) is 53.5 Å². The van der Waals surface area contributed by atoms with Crippen LogP contribution in [0.15, 0.2) is 95.6 Å². The fourth-order valence-corrected chi connectivity index (χ4v) is 4.81. The SMILES string of the molecule is O=C(/C=C/c1ccccc1)N1CCc2c([nH]c3ccccc23)C1c1ccc2occc2c1. The summed E-state index contributed by atoms with van der Waals surface area (Å²) < 4.78 is 5.54. The van der Waals surface area contributed by atoms with E-state index in [-0.39, 0.29) is 11.9 Å². The van der Waals surface area contributed by atoms with Crippen LogP contribution < -0.4 is 0 Å². The molecule has 4 nitrogen and oxygen atoms in total. The Kier molecular flexibility index (Phi) is 4.43. The number of aromatic amines is 1. The molecule has 0 spiro atoms. The number of carbonyl (C=O) groups excluding carboxylic acids is 1. The molecule has 5 aromatic rings. The number of benzene rings is 3. The highest BCUT2D eigenvalue weighted by Crippen LogP contribution is 2.39. The first-order chi connectivity index (χ1) is 15.8. The largest absolute Gasteiger partial charge is 0.464 e. The van der Waals surface area contributed by atoms with E-state index in [1.165, 1.54) is 10.9 Å². The van der Waals surface area contributed by atoms with Gasteiger partial charge in [0.1, 0.15) is 5.58 Å². The molecule has 0 fully saturated rings. The number of rotatable bonds is 3. The van der Waals surface area contributed by atoms with Crippen molar-refractivity contribution in [2.45, 2.75) is 12.5 Å². The molecule has 0 aliphatic carbocycles. The van der Waals surface area contributed by atoms with Gasteiger partial charge in [0.15, 0.2) is 0 Å². The summed E-state index contributed by atoms with van der Waals surface area (Å²) in [6, 6.07) is 26.3. The first-order valence-electron chi connectivity index (χ1n) is 10.9. The second kappa shape index (κ2) is 7.57. The van der Waals surface area contributed by atoms with Gasteiger partial charge in [0.25, 0.3) is 0 Å². The smallest absolute Gasteiger partial charge is 0.247 e. The highest BCUT2D eigenvalue weighted by molar-refractivity contribution is 5.93. The van der Waals surface area contributed by atoms with Crippen molar-refractivity contribution in [1.29, 1.82) is 0 Å². The molecule has 3 aromatic carbocycles. The maximum Gasteiger partial charge on any atom is 0.247 e. The fraction of sp³-hybridized carbons (Fsp3) is 0.107. The molecule has 1 unspecified atom stereocenters. The fourth-order valence-electron chi connectivity index (χ4n) is 4.81. The molecule has 1 N–H and O–H groups in total. The van der Waals surface area contributed by atoms with Crippen LogP contribution in [0.1, 0.15) is 28.4 Å². The summed E-state index contributed by atoms with van der Waals surface area (Å²) in [6.07, 6.45) is 6.11. The quantitative estimate of drug-likeness (QED) is 0.360. The topological polar surface area (TPSA) is 49.2 Å². The first-order valence-corrected chi connectivity index (χ1v) is 10.9. The van der Waals surface area contributed by atoms with Crippen molar-refractivity contribution >= 4 is 33.9 Å². The monoisotopic (exact) mass is 418 g/mol. The van der Waals surface area contributed by atoms with E-state index in [2.05, 4.69) is 35.3 Å². The van der Waals surface area contributed by atoms with Gasteiger partial charge in [0.2, 0.25) is 5.91 Å². The average molecular weight is 418 g/mol. The lowest BCUT2D eigenvalue weighted by atomic mass is 9.91. The Morgan fingerprint density at radius 1 is 1.00 bits per heavy atom. The van der Waals surface area contributed by atoms with Crippen molar-refractivity contribution < 1.29 is 9.21 Å². The van der Waals surface area contributed by atoms with Crippen LogP contribution in [0.4, 0.5) is 0 Å². The highest BCUT2D eigenvalue weighted by atomic mass is 16.3. The Hall–Kier alpha value is -4.05. The number of nitrogens with one attached hydrogen (secondary N) is 1. The van der Waals surface area contributed by atoms with Gasteiger partial charge in [0.05, 0.1) is 12.3 Å². The molecule has 3 heterocycles. The summed E-state index contributed by atoms with van der Waals surface area (Å²) in [5.74, 6) is 0.00968. The summed E-state index contributed by atoms with van der Waals surface area (Å²) in [5, 5.41) is 2.28. The zero-order chi connectivity index (χ0) is 21.5. The molecule has 6 rings (SSSR count). The van der Waals surface area contributed by atoms with E-state index in [9.17, 15) is 4.79 Å². The number of furan rings is 1. The minimum Gasteiger partial charge on any atom is -0.464 e. The summed E-state index contributed by atoms with van der Waals surface area (Å²) in [5.41, 5.74) is 6.45. The minimum absolute atomic E-state index is 0.00968. The normalized spacial score (nSPS) is 16.1. The third-order valence-corrected chi connectivity index (χ3v) is 6.33. The molecule has 4 heteroatoms. The van der Waals surface area contributed by atoms with Crippen LogP contribution in [0.25, 0.3) is 27.9 Å². The predicted molar refractivity (Wildman–Crippen MR) is 127 cm³/mol. The molecule has 0 radical (unpaired) electrons. The van der Waals surface area contributed by atoms with Gasteiger partial charge in [-0.2, -0.15) is 0 Å². The number of nitrogens with zero attached hydrogens (tertiary/aromatic N) is 1. The molecular formula is C28H22N2O2. The molecule has 1 atom stereocenters. The van der Waals surface area contributed by atoms with E-state index in [0.29, 0.717) is 6.54 Å². The predicted octanol–water partition coefficient (Wildman–Crippen LogP) is 6.10. The Labute approximate surface area is 185 Å². The summed E-state index contributed by atoms with van der Waals surface area (Å²) in [4.78, 5) is 19.0. The van der Waals surface area contributed by atoms with Crippen LogP contribution in [0.3, 0.4) is 0 Å². The molecule has 1 amide bonds. The van der Waals surface area contributed by atoms with Crippen molar-refractivity contribution in [3.63, 3.8) is 0 Å². The Morgan fingerprint density at radius 2 is 1.84 bits per heavy atom. The number of amides is 1. The standard InChI is InChI=1S/C28H22N2O2/c31-26(13-10-19-6-2-1-3-7-19)30-16-14-23-22-8-4-5-9-24(22)29-27(23)28(30)21-11-12-25-20(18-21)15-17-32-25/h1-13,15,17-18,28-29H,14,16H2/b13-10+. The van der Waals surface area contributed by atoms with Crippen molar-refractivity contribution in [2.24, 2.45) is 0 Å². The number of carbonyl (C=O) groups is 1. The van der Waals surface area contributed by atoms with Gasteiger partial charge in [-0.25, -0.2) is 0 Å². The number of fused-ring (bicyclic) bond motifs is 4. The molecule has 2 aromatic heterocycles. The van der Waals surface area contributed by atoms with Crippen molar-refractivity contribution in [3.8, 4) is 0 Å². The van der Waals surface area contributed by atoms with E-state index in [1.807, 2.05) is 59.5 Å². The van der Waals surface area contributed by atoms with Gasteiger partial charge in [0, 0.05) is 34.6 Å². The molecular weight excluding hydrogens is 396 g/mol. The van der Waals surface area contributed by atoms with Gasteiger partial charge in [-0.3, -0.25) is 4.79 Å². The van der Waals surface area contributed by atoms with E-state index in [1.54, 1.807) is 12.3 Å². The summed E-state index contributed by atoms with van der Waals surface area (Å²) in [7, 11) is 0. The number of para-hydroxylation sites is 1. The zero-order valence-electron chi connectivity index (χ0n) is 17.5. The van der Waals surface area contributed by atoms with Gasteiger partial charge in [-0.1, -0.05) is 54.6 Å². The Bertz CT molecular complexity index is 1460. The van der Waals surface area contributed by atoms with Gasteiger partial charge >= 0.3 is 0 Å². The maximum atomic E-state index is 13.4. The molecule has 1 aliphatic heterocycles. The summed E-state index contributed by atoms with van der Waals surface area (Å²) in [6.45, 7) is 0.668. The first kappa shape index (κ1) is 18.7. The van der Waals surface area contributed by atoms with E-state index in [0.717, 1.165) is 39.7 Å². The maximum absolute atomic E-state index is 13.4. The molecule has 32 heavy (non-hydrogen) atoms. The molecule has 0 saturated heterocycles. The third-order valence-electron chi connectivity index (χ3n) is 6.33. The molecule has 0 bridgehead atoms. The average Bonchev–Trinajstić information content (AvgIpc) is 3.46. The van der Waals surface area contributed by atoms with E-state index < -0.39 is 0 Å². The lowest BCUT2D eigenvalue weighted by Gasteiger charge is -2.35.